The zero-order valence-electron chi connectivity index (χ0n) is 15.2. The van der Waals surface area contributed by atoms with Crippen molar-refractivity contribution in [1.82, 2.24) is 0 Å². The van der Waals surface area contributed by atoms with Crippen LogP contribution in [-0.2, 0) is 18.9 Å². The molecule has 0 aliphatic carbocycles. The lowest BCUT2D eigenvalue weighted by molar-refractivity contribution is -0.0912. The molecule has 3 N–H and O–H groups in total. The van der Waals surface area contributed by atoms with Gasteiger partial charge in [-0.3, -0.25) is 0 Å². The fourth-order valence-corrected chi connectivity index (χ4v) is 1.76. The van der Waals surface area contributed by atoms with Crippen LogP contribution in [0.4, 0.5) is 0 Å². The van der Waals surface area contributed by atoms with Crippen molar-refractivity contribution in [3.8, 4) is 0 Å². The Balaban J connectivity index is 3.60. The molecule has 0 aromatic rings. The van der Waals surface area contributed by atoms with Crippen molar-refractivity contribution >= 4 is 0 Å². The summed E-state index contributed by atoms with van der Waals surface area (Å²) in [5.41, 5.74) is 0. The molecule has 3 atom stereocenters. The molecule has 0 heterocycles. The molecule has 0 bridgehead atoms. The Kier molecular flexibility index (Phi) is 17.3. The van der Waals surface area contributed by atoms with E-state index in [1.54, 1.807) is 0 Å². The molecule has 0 aliphatic rings. The normalized spacial score (nSPS) is 15.4. The first-order valence-electron chi connectivity index (χ1n) is 8.95. The minimum absolute atomic E-state index is 0.0471. The highest BCUT2D eigenvalue weighted by molar-refractivity contribution is 4.59. The number of unbranched alkanes of at least 4 members (excludes halogenated alkanes) is 2. The molecular formula is C17H36O7. The van der Waals surface area contributed by atoms with E-state index < -0.39 is 18.3 Å². The van der Waals surface area contributed by atoms with Crippen LogP contribution in [0.1, 0.15) is 39.5 Å². The Labute approximate surface area is 145 Å². The summed E-state index contributed by atoms with van der Waals surface area (Å²) in [6, 6.07) is 0. The second-order valence-electron chi connectivity index (χ2n) is 5.84. The maximum absolute atomic E-state index is 9.78. The molecule has 0 aliphatic heterocycles. The van der Waals surface area contributed by atoms with Gasteiger partial charge in [-0.05, 0) is 12.8 Å². The van der Waals surface area contributed by atoms with Crippen LogP contribution in [0.15, 0.2) is 0 Å². The van der Waals surface area contributed by atoms with E-state index in [9.17, 15) is 15.3 Å². The summed E-state index contributed by atoms with van der Waals surface area (Å²) in [7, 11) is 0. The molecule has 0 aromatic heterocycles. The van der Waals surface area contributed by atoms with Gasteiger partial charge < -0.3 is 34.3 Å². The summed E-state index contributed by atoms with van der Waals surface area (Å²) in [6.45, 7) is 6.00. The first-order valence-corrected chi connectivity index (χ1v) is 8.95. The Hall–Kier alpha value is -0.280. The van der Waals surface area contributed by atoms with Gasteiger partial charge >= 0.3 is 0 Å². The molecule has 7 nitrogen and oxygen atoms in total. The van der Waals surface area contributed by atoms with Gasteiger partial charge in [-0.2, -0.15) is 0 Å². The molecule has 7 heteroatoms. The van der Waals surface area contributed by atoms with Crippen molar-refractivity contribution in [2.24, 2.45) is 0 Å². The van der Waals surface area contributed by atoms with Gasteiger partial charge in [0.05, 0.1) is 39.6 Å². The number of aliphatic hydroxyl groups excluding tert-OH is 3. The van der Waals surface area contributed by atoms with Crippen molar-refractivity contribution < 1.29 is 34.3 Å². The summed E-state index contributed by atoms with van der Waals surface area (Å²) in [5.74, 6) is 0. The predicted octanol–water partition coefficient (Wildman–Crippen LogP) is 0.736. The third-order valence-electron chi connectivity index (χ3n) is 3.25. The lowest BCUT2D eigenvalue weighted by atomic mass is 10.3. The van der Waals surface area contributed by atoms with Crippen LogP contribution >= 0.6 is 0 Å². The van der Waals surface area contributed by atoms with Gasteiger partial charge in [0.15, 0.2) is 0 Å². The molecule has 24 heavy (non-hydrogen) atoms. The predicted molar refractivity (Wildman–Crippen MR) is 91.1 cm³/mol. The Bertz CT molecular complexity index is 253. The highest BCUT2D eigenvalue weighted by Gasteiger charge is 2.13. The molecule has 146 valence electrons. The van der Waals surface area contributed by atoms with Crippen LogP contribution in [0, 0.1) is 0 Å². The quantitative estimate of drug-likeness (QED) is 0.313. The molecule has 0 fully saturated rings. The SMILES string of the molecule is CCCCOCC(O)COCC(O)COC(CO)COCCCC. The van der Waals surface area contributed by atoms with Gasteiger partial charge in [0.2, 0.25) is 0 Å². The monoisotopic (exact) mass is 352 g/mol. The van der Waals surface area contributed by atoms with Crippen LogP contribution in [0.25, 0.3) is 0 Å². The minimum atomic E-state index is -0.817. The molecule has 0 aromatic carbocycles. The van der Waals surface area contributed by atoms with Crippen LogP contribution in [0.3, 0.4) is 0 Å². The standard InChI is InChI=1S/C17H36O7/c1-3-5-7-21-10-15(19)11-23-12-16(20)13-24-17(9-18)14-22-8-6-4-2/h15-20H,3-14H2,1-2H3. The summed E-state index contributed by atoms with van der Waals surface area (Å²) in [6.07, 6.45) is 2.08. The lowest BCUT2D eigenvalue weighted by Crippen LogP contribution is -2.31. The Morgan fingerprint density at radius 2 is 1.21 bits per heavy atom. The Morgan fingerprint density at radius 1 is 0.708 bits per heavy atom. The first kappa shape index (κ1) is 23.7. The van der Waals surface area contributed by atoms with Crippen LogP contribution in [0.2, 0.25) is 0 Å². The van der Waals surface area contributed by atoms with E-state index in [0.29, 0.717) is 19.8 Å². The fourth-order valence-electron chi connectivity index (χ4n) is 1.76. The van der Waals surface area contributed by atoms with Gasteiger partial charge in [0, 0.05) is 13.2 Å². The minimum Gasteiger partial charge on any atom is -0.394 e. The van der Waals surface area contributed by atoms with Crippen molar-refractivity contribution in [2.75, 3.05) is 52.9 Å². The van der Waals surface area contributed by atoms with Gasteiger partial charge in [-0.15, -0.1) is 0 Å². The average Bonchev–Trinajstić information content (AvgIpc) is 2.58. The Morgan fingerprint density at radius 3 is 1.75 bits per heavy atom. The second kappa shape index (κ2) is 17.5. The molecule has 0 amide bonds. The van der Waals surface area contributed by atoms with E-state index in [1.165, 1.54) is 0 Å². The van der Waals surface area contributed by atoms with Gasteiger partial charge in [0.1, 0.15) is 18.3 Å². The number of ether oxygens (including phenoxy) is 4. The number of aliphatic hydroxyl groups is 3. The van der Waals surface area contributed by atoms with E-state index in [-0.39, 0.29) is 33.0 Å². The van der Waals surface area contributed by atoms with Gasteiger partial charge in [-0.25, -0.2) is 0 Å². The summed E-state index contributed by atoms with van der Waals surface area (Å²) in [4.78, 5) is 0. The van der Waals surface area contributed by atoms with E-state index >= 15 is 0 Å². The molecule has 0 radical (unpaired) electrons. The van der Waals surface area contributed by atoms with E-state index in [1.807, 2.05) is 0 Å². The summed E-state index contributed by atoms with van der Waals surface area (Å²) >= 11 is 0. The summed E-state index contributed by atoms with van der Waals surface area (Å²) in [5, 5.41) is 28.6. The number of hydrogen-bond acceptors (Lipinski definition) is 7. The summed E-state index contributed by atoms with van der Waals surface area (Å²) < 4.78 is 21.3. The maximum atomic E-state index is 9.78. The fraction of sp³-hybridized carbons (Fsp3) is 1.00. The van der Waals surface area contributed by atoms with E-state index in [2.05, 4.69) is 13.8 Å². The van der Waals surface area contributed by atoms with E-state index in [0.717, 1.165) is 25.7 Å². The zero-order valence-corrected chi connectivity index (χ0v) is 15.2. The van der Waals surface area contributed by atoms with E-state index in [4.69, 9.17) is 18.9 Å². The second-order valence-corrected chi connectivity index (χ2v) is 5.84. The topological polar surface area (TPSA) is 97.6 Å². The lowest BCUT2D eigenvalue weighted by Gasteiger charge is -2.19. The smallest absolute Gasteiger partial charge is 0.104 e. The van der Waals surface area contributed by atoms with Crippen LogP contribution in [0.5, 0.6) is 0 Å². The third kappa shape index (κ3) is 15.3. The molecule has 0 spiro atoms. The largest absolute Gasteiger partial charge is 0.394 e. The number of rotatable bonds is 18. The molecular weight excluding hydrogens is 316 g/mol. The van der Waals surface area contributed by atoms with Crippen molar-refractivity contribution in [3.63, 3.8) is 0 Å². The zero-order chi connectivity index (χ0) is 18.0. The van der Waals surface area contributed by atoms with Crippen molar-refractivity contribution in [1.29, 1.82) is 0 Å². The van der Waals surface area contributed by atoms with Gasteiger partial charge in [-0.1, -0.05) is 26.7 Å². The highest BCUT2D eigenvalue weighted by atomic mass is 16.6. The first-order chi connectivity index (χ1) is 11.6. The van der Waals surface area contributed by atoms with Crippen LogP contribution in [-0.4, -0.2) is 86.5 Å². The molecule has 3 unspecified atom stereocenters. The highest BCUT2D eigenvalue weighted by Crippen LogP contribution is 1.99. The van der Waals surface area contributed by atoms with Crippen molar-refractivity contribution in [3.05, 3.63) is 0 Å². The third-order valence-corrected chi connectivity index (χ3v) is 3.25. The van der Waals surface area contributed by atoms with Crippen molar-refractivity contribution in [2.45, 2.75) is 57.8 Å². The van der Waals surface area contributed by atoms with Crippen LogP contribution < -0.4 is 0 Å². The number of hydrogen-bond donors (Lipinski definition) is 3. The molecule has 0 rings (SSSR count). The maximum Gasteiger partial charge on any atom is 0.104 e. The molecule has 0 saturated carbocycles. The average molecular weight is 352 g/mol. The van der Waals surface area contributed by atoms with Gasteiger partial charge in [0.25, 0.3) is 0 Å². The molecule has 0 saturated heterocycles.